The molecule has 23 heavy (non-hydrogen) atoms. The Morgan fingerprint density at radius 3 is 2.74 bits per heavy atom. The van der Waals surface area contributed by atoms with Crippen LogP contribution in [0.4, 0.5) is 0 Å². The molecule has 0 radical (unpaired) electrons. The summed E-state index contributed by atoms with van der Waals surface area (Å²) >= 11 is 0. The van der Waals surface area contributed by atoms with Crippen LogP contribution in [0, 0.1) is 0 Å². The van der Waals surface area contributed by atoms with Gasteiger partial charge in [0.15, 0.2) is 5.82 Å². The van der Waals surface area contributed by atoms with Crippen molar-refractivity contribution >= 4 is 0 Å². The molecule has 0 amide bonds. The maximum atomic E-state index is 12.3. The molecule has 116 valence electrons. The second-order valence-corrected chi connectivity index (χ2v) is 5.76. The van der Waals surface area contributed by atoms with Crippen LogP contribution in [0.1, 0.15) is 25.1 Å². The summed E-state index contributed by atoms with van der Waals surface area (Å²) in [5, 5.41) is 3.93. The summed E-state index contributed by atoms with van der Waals surface area (Å²) in [7, 11) is 0. The number of H-pyrrole nitrogens is 1. The highest BCUT2D eigenvalue weighted by Gasteiger charge is 2.39. The van der Waals surface area contributed by atoms with Gasteiger partial charge in [-0.25, -0.2) is 0 Å². The summed E-state index contributed by atoms with van der Waals surface area (Å²) in [6.07, 6.45) is 4.40. The minimum atomic E-state index is -0.511. The molecule has 3 aromatic rings. The molecule has 1 fully saturated rings. The quantitative estimate of drug-likeness (QED) is 0.763. The first kappa shape index (κ1) is 13.8. The minimum Gasteiger partial charge on any atom is -0.334 e. The number of rotatable bonds is 3. The van der Waals surface area contributed by atoms with Gasteiger partial charge in [-0.1, -0.05) is 11.2 Å². The molecule has 3 heterocycles. The Morgan fingerprint density at radius 2 is 2.09 bits per heavy atom. The molecule has 3 N–H and O–H groups in total. The van der Waals surface area contributed by atoms with Crippen molar-refractivity contribution in [2.24, 2.45) is 5.73 Å². The van der Waals surface area contributed by atoms with Gasteiger partial charge in [-0.2, -0.15) is 4.98 Å². The van der Waals surface area contributed by atoms with Crippen molar-refractivity contribution in [3.63, 3.8) is 0 Å². The molecule has 0 saturated heterocycles. The number of aromatic nitrogens is 4. The number of pyridine rings is 2. The molecule has 0 atom stereocenters. The number of nitrogens with zero attached hydrogens (tertiary/aromatic N) is 3. The van der Waals surface area contributed by atoms with Gasteiger partial charge in [0.1, 0.15) is 5.56 Å². The van der Waals surface area contributed by atoms with E-state index in [1.165, 1.54) is 0 Å². The maximum Gasteiger partial charge on any atom is 0.263 e. The highest BCUT2D eigenvalue weighted by Crippen LogP contribution is 2.37. The average molecular weight is 309 g/mol. The van der Waals surface area contributed by atoms with Crippen molar-refractivity contribution < 1.29 is 4.52 Å². The summed E-state index contributed by atoms with van der Waals surface area (Å²) < 4.78 is 5.22. The second-order valence-electron chi connectivity index (χ2n) is 5.76. The number of aromatic amines is 1. The van der Waals surface area contributed by atoms with E-state index in [1.54, 1.807) is 18.3 Å². The van der Waals surface area contributed by atoms with Gasteiger partial charge in [-0.05, 0) is 43.5 Å². The van der Waals surface area contributed by atoms with Crippen molar-refractivity contribution in [2.45, 2.75) is 24.8 Å². The Hall–Kier alpha value is -2.80. The molecule has 0 aromatic carbocycles. The Bertz CT molecular complexity index is 896. The van der Waals surface area contributed by atoms with Gasteiger partial charge >= 0.3 is 0 Å². The van der Waals surface area contributed by atoms with E-state index in [1.807, 2.05) is 18.2 Å². The van der Waals surface area contributed by atoms with Crippen molar-refractivity contribution in [3.8, 4) is 22.8 Å². The molecule has 1 aliphatic carbocycles. The van der Waals surface area contributed by atoms with Crippen molar-refractivity contribution in [1.29, 1.82) is 0 Å². The second kappa shape index (κ2) is 5.13. The smallest absolute Gasteiger partial charge is 0.263 e. The Labute approximate surface area is 131 Å². The lowest BCUT2D eigenvalue weighted by molar-refractivity contribution is 0.229. The largest absolute Gasteiger partial charge is 0.334 e. The van der Waals surface area contributed by atoms with Crippen LogP contribution in [0.2, 0.25) is 0 Å². The van der Waals surface area contributed by atoms with Crippen LogP contribution in [-0.2, 0) is 5.54 Å². The van der Waals surface area contributed by atoms with Crippen LogP contribution in [0.15, 0.2) is 45.8 Å². The third kappa shape index (κ3) is 2.35. The highest BCUT2D eigenvalue weighted by atomic mass is 16.5. The van der Waals surface area contributed by atoms with Crippen LogP contribution in [0.25, 0.3) is 22.8 Å². The van der Waals surface area contributed by atoms with Gasteiger partial charge in [-0.15, -0.1) is 0 Å². The predicted molar refractivity (Wildman–Crippen MR) is 83.3 cm³/mol. The molecular weight excluding hydrogens is 294 g/mol. The first-order chi connectivity index (χ1) is 11.2. The van der Waals surface area contributed by atoms with Gasteiger partial charge in [0.2, 0.25) is 0 Å². The summed E-state index contributed by atoms with van der Waals surface area (Å²) in [6, 6.07) is 8.93. The third-order valence-corrected chi connectivity index (χ3v) is 4.20. The van der Waals surface area contributed by atoms with Gasteiger partial charge in [-0.3, -0.25) is 9.78 Å². The van der Waals surface area contributed by atoms with Crippen molar-refractivity contribution in [2.75, 3.05) is 0 Å². The van der Waals surface area contributed by atoms with Gasteiger partial charge in [0.05, 0.1) is 16.9 Å². The molecule has 0 spiro atoms. The van der Waals surface area contributed by atoms with E-state index in [0.29, 0.717) is 22.8 Å². The van der Waals surface area contributed by atoms with Crippen LogP contribution >= 0.6 is 0 Å². The molecule has 1 saturated carbocycles. The van der Waals surface area contributed by atoms with E-state index in [-0.39, 0.29) is 11.4 Å². The van der Waals surface area contributed by atoms with Crippen LogP contribution in [0.5, 0.6) is 0 Å². The predicted octanol–water partition coefficient (Wildman–Crippen LogP) is 1.82. The van der Waals surface area contributed by atoms with Crippen molar-refractivity contribution in [1.82, 2.24) is 20.1 Å². The molecule has 3 aromatic heterocycles. The zero-order valence-corrected chi connectivity index (χ0v) is 12.3. The molecule has 0 aliphatic heterocycles. The van der Waals surface area contributed by atoms with Gasteiger partial charge in [0.25, 0.3) is 11.4 Å². The van der Waals surface area contributed by atoms with Crippen molar-refractivity contribution in [3.05, 3.63) is 52.7 Å². The summed E-state index contributed by atoms with van der Waals surface area (Å²) in [5.41, 5.74) is 7.01. The van der Waals surface area contributed by atoms with E-state index in [4.69, 9.17) is 10.3 Å². The number of nitrogens with two attached hydrogens (primary N) is 1. The van der Waals surface area contributed by atoms with E-state index in [2.05, 4.69) is 20.1 Å². The molecule has 7 heteroatoms. The Balaban J connectivity index is 1.69. The third-order valence-electron chi connectivity index (χ3n) is 4.20. The van der Waals surface area contributed by atoms with Crippen LogP contribution in [0.3, 0.4) is 0 Å². The summed E-state index contributed by atoms with van der Waals surface area (Å²) in [4.78, 5) is 23.6. The lowest BCUT2D eigenvalue weighted by atomic mass is 9.77. The first-order valence-corrected chi connectivity index (χ1v) is 7.44. The molecule has 4 rings (SSSR count). The lowest BCUT2D eigenvalue weighted by Gasteiger charge is -2.34. The molecule has 0 bridgehead atoms. The fraction of sp³-hybridized carbons (Fsp3) is 0.250. The molecule has 0 unspecified atom stereocenters. The highest BCUT2D eigenvalue weighted by molar-refractivity contribution is 5.59. The number of hydrogen-bond donors (Lipinski definition) is 2. The standard InChI is InChI=1S/C16H15N5O2/c17-16(7-3-8-16)15-20-14(23-21-15)10-5-6-12(19-13(10)22)11-4-1-2-9-18-11/h1-2,4-6,9H,3,7-8,17H2,(H,19,22). The Kier molecular flexibility index (Phi) is 3.09. The van der Waals surface area contributed by atoms with Crippen LogP contribution in [-0.4, -0.2) is 20.1 Å². The summed E-state index contributed by atoms with van der Waals surface area (Å²) in [5.74, 6) is 0.650. The Morgan fingerprint density at radius 1 is 1.22 bits per heavy atom. The molecular formula is C16H15N5O2. The normalized spacial score (nSPS) is 16.0. The van der Waals surface area contributed by atoms with E-state index >= 15 is 0 Å². The fourth-order valence-corrected chi connectivity index (χ4v) is 2.63. The SMILES string of the molecule is NC1(c2noc(-c3ccc(-c4ccccn4)[nH]c3=O)n2)CCC1. The van der Waals surface area contributed by atoms with Gasteiger partial charge < -0.3 is 15.2 Å². The monoisotopic (exact) mass is 309 g/mol. The first-order valence-electron chi connectivity index (χ1n) is 7.44. The minimum absolute atomic E-state index is 0.186. The zero-order chi connectivity index (χ0) is 15.9. The fourth-order valence-electron chi connectivity index (χ4n) is 2.63. The van der Waals surface area contributed by atoms with Gasteiger partial charge in [0, 0.05) is 6.20 Å². The zero-order valence-electron chi connectivity index (χ0n) is 12.3. The maximum absolute atomic E-state index is 12.3. The van der Waals surface area contributed by atoms with E-state index in [0.717, 1.165) is 19.3 Å². The average Bonchev–Trinajstić information content (AvgIpc) is 3.03. The van der Waals surface area contributed by atoms with E-state index in [9.17, 15) is 4.79 Å². The molecule has 7 nitrogen and oxygen atoms in total. The summed E-state index contributed by atoms with van der Waals surface area (Å²) in [6.45, 7) is 0. The lowest BCUT2D eigenvalue weighted by Crippen LogP contribution is -2.44. The topological polar surface area (TPSA) is 111 Å². The van der Waals surface area contributed by atoms with Crippen LogP contribution < -0.4 is 11.3 Å². The number of hydrogen-bond acceptors (Lipinski definition) is 6. The molecule has 1 aliphatic rings. The van der Waals surface area contributed by atoms with E-state index < -0.39 is 5.54 Å². The number of nitrogens with one attached hydrogen (secondary N) is 1.